The molecule has 0 aromatic heterocycles. The zero-order valence-corrected chi connectivity index (χ0v) is 21.6. The molecule has 1 saturated heterocycles. The standard InChI is InChI=1S/C20H36F2N2O5SSi/c1-10-24(17(26)27)16-23-14-12(29-31(8,9)19(5,6)7)11(25)13(15(21)22)28-20(14,30-16)18(2,3)4/h11-15,25H,10H2,1-9H3,(H,26,27)/t11-,12+,13+,14-,20+/m1/s1. The van der Waals surface area contributed by atoms with E-state index in [0.717, 1.165) is 16.7 Å². The molecule has 180 valence electrons. The summed E-state index contributed by atoms with van der Waals surface area (Å²) in [6.45, 7) is 17.4. The number of aliphatic imine (C=N–C) groups is 1. The Balaban J connectivity index is 2.65. The lowest BCUT2D eigenvalue weighted by atomic mass is 9.78. The topological polar surface area (TPSA) is 91.6 Å². The number of carboxylic acid groups (broad SMARTS) is 1. The molecule has 2 rings (SSSR count). The summed E-state index contributed by atoms with van der Waals surface area (Å²) in [5.74, 6) is 0. The number of hydrogen-bond donors (Lipinski definition) is 2. The van der Waals surface area contributed by atoms with Crippen molar-refractivity contribution >= 4 is 31.3 Å². The van der Waals surface area contributed by atoms with Crippen LogP contribution in [0.25, 0.3) is 0 Å². The van der Waals surface area contributed by atoms with Crippen LogP contribution < -0.4 is 0 Å². The van der Waals surface area contributed by atoms with Gasteiger partial charge in [0, 0.05) is 12.0 Å². The normalized spacial score (nSPS) is 32.1. The van der Waals surface area contributed by atoms with Gasteiger partial charge in [0.05, 0.1) is 6.10 Å². The van der Waals surface area contributed by atoms with Crippen molar-refractivity contribution in [1.82, 2.24) is 4.90 Å². The van der Waals surface area contributed by atoms with E-state index >= 15 is 0 Å². The van der Waals surface area contributed by atoms with Crippen LogP contribution in [-0.2, 0) is 9.16 Å². The minimum Gasteiger partial charge on any atom is -0.465 e. The number of fused-ring (bicyclic) bond motifs is 1. The SMILES string of the molecule is CCN(C(=O)O)C1=N[C@@H]2[C@@H](O[Si](C)(C)C(C)(C)C)[C@@H](O)[C@@H](C(F)F)O[C@]2(C(C)(C)C)S1. The molecule has 0 aliphatic carbocycles. The maximum absolute atomic E-state index is 14.0. The van der Waals surface area contributed by atoms with Crippen LogP contribution in [0.3, 0.4) is 0 Å². The van der Waals surface area contributed by atoms with Crippen molar-refractivity contribution < 1.29 is 33.0 Å². The minimum atomic E-state index is -2.94. The number of aliphatic hydroxyl groups excluding tert-OH is 1. The molecular weight excluding hydrogens is 446 g/mol. The van der Waals surface area contributed by atoms with Crippen molar-refractivity contribution in [2.45, 2.75) is 102 Å². The van der Waals surface area contributed by atoms with Crippen LogP contribution in [0.5, 0.6) is 0 Å². The fourth-order valence-corrected chi connectivity index (χ4v) is 6.39. The zero-order chi connectivity index (χ0) is 24.2. The van der Waals surface area contributed by atoms with Crippen LogP contribution in [0.2, 0.25) is 18.1 Å². The third-order valence-electron chi connectivity index (χ3n) is 6.49. The van der Waals surface area contributed by atoms with Gasteiger partial charge in [0.15, 0.2) is 18.4 Å². The lowest BCUT2D eigenvalue weighted by molar-refractivity contribution is -0.243. The van der Waals surface area contributed by atoms with E-state index in [0.29, 0.717) is 0 Å². The van der Waals surface area contributed by atoms with E-state index in [1.54, 1.807) is 6.92 Å². The first-order valence-corrected chi connectivity index (χ1v) is 14.2. The number of amidine groups is 1. The third-order valence-corrected chi connectivity index (χ3v) is 12.7. The highest BCUT2D eigenvalue weighted by Crippen LogP contribution is 2.57. The van der Waals surface area contributed by atoms with E-state index < -0.39 is 55.5 Å². The molecule has 7 nitrogen and oxygen atoms in total. The van der Waals surface area contributed by atoms with Crippen molar-refractivity contribution in [3.05, 3.63) is 0 Å². The molecule has 2 aliphatic rings. The van der Waals surface area contributed by atoms with Gasteiger partial charge in [-0.25, -0.2) is 13.6 Å². The summed E-state index contributed by atoms with van der Waals surface area (Å²) in [7, 11) is -2.50. The predicted molar refractivity (Wildman–Crippen MR) is 120 cm³/mol. The number of halogens is 2. The quantitative estimate of drug-likeness (QED) is 0.569. The van der Waals surface area contributed by atoms with E-state index in [1.165, 1.54) is 0 Å². The predicted octanol–water partition coefficient (Wildman–Crippen LogP) is 4.62. The fourth-order valence-electron chi connectivity index (χ4n) is 3.56. The second-order valence-electron chi connectivity index (χ2n) is 10.7. The van der Waals surface area contributed by atoms with Gasteiger partial charge >= 0.3 is 6.09 Å². The van der Waals surface area contributed by atoms with Crippen LogP contribution in [-0.4, -0.2) is 76.9 Å². The second kappa shape index (κ2) is 8.55. The smallest absolute Gasteiger partial charge is 0.413 e. The fraction of sp³-hybridized carbons (Fsp3) is 0.900. The molecule has 1 fully saturated rings. The van der Waals surface area contributed by atoms with Gasteiger partial charge in [0.1, 0.15) is 18.2 Å². The van der Waals surface area contributed by atoms with Gasteiger partial charge in [0.2, 0.25) is 0 Å². The Hall–Kier alpha value is -0.753. The Bertz CT molecular complexity index is 725. The van der Waals surface area contributed by atoms with E-state index in [-0.39, 0.29) is 16.8 Å². The Labute approximate surface area is 188 Å². The number of nitrogens with zero attached hydrogens (tertiary/aromatic N) is 2. The largest absolute Gasteiger partial charge is 0.465 e. The first kappa shape index (κ1) is 26.5. The summed E-state index contributed by atoms with van der Waals surface area (Å²) in [6.07, 6.45) is -8.55. The maximum Gasteiger partial charge on any atom is 0.413 e. The lowest BCUT2D eigenvalue weighted by Crippen LogP contribution is -2.69. The number of rotatable bonds is 4. The van der Waals surface area contributed by atoms with Crippen LogP contribution in [0.15, 0.2) is 4.99 Å². The summed E-state index contributed by atoms with van der Waals surface area (Å²) >= 11 is 1.03. The molecule has 0 aromatic carbocycles. The molecule has 2 aliphatic heterocycles. The summed E-state index contributed by atoms with van der Waals surface area (Å²) in [4.78, 5) is 16.1. The van der Waals surface area contributed by atoms with Gasteiger partial charge in [0.25, 0.3) is 6.43 Å². The molecule has 2 heterocycles. The Morgan fingerprint density at radius 3 is 2.26 bits per heavy atom. The van der Waals surface area contributed by atoms with Crippen molar-refractivity contribution in [3.63, 3.8) is 0 Å². The molecular formula is C20H36F2N2O5SSi. The van der Waals surface area contributed by atoms with E-state index in [9.17, 15) is 23.8 Å². The monoisotopic (exact) mass is 482 g/mol. The Kier molecular flexibility index (Phi) is 7.31. The minimum absolute atomic E-state index is 0.142. The summed E-state index contributed by atoms with van der Waals surface area (Å²) in [5, 5.41) is 20.5. The first-order chi connectivity index (χ1) is 13.9. The molecule has 5 atom stereocenters. The van der Waals surface area contributed by atoms with Gasteiger partial charge in [-0.15, -0.1) is 0 Å². The lowest BCUT2D eigenvalue weighted by Gasteiger charge is -2.54. The highest BCUT2D eigenvalue weighted by Gasteiger charge is 2.66. The molecule has 11 heteroatoms. The molecule has 0 unspecified atom stereocenters. The molecule has 0 radical (unpaired) electrons. The number of carbonyl (C=O) groups is 1. The number of alkyl halides is 2. The highest BCUT2D eigenvalue weighted by molar-refractivity contribution is 8.15. The number of thioether (sulfide) groups is 1. The molecule has 0 aromatic rings. The van der Waals surface area contributed by atoms with Crippen LogP contribution in [0, 0.1) is 5.41 Å². The summed E-state index contributed by atoms with van der Waals surface area (Å²) in [5.41, 5.74) is -0.714. The Morgan fingerprint density at radius 1 is 1.32 bits per heavy atom. The van der Waals surface area contributed by atoms with Crippen LogP contribution in [0.4, 0.5) is 13.6 Å². The van der Waals surface area contributed by atoms with Crippen molar-refractivity contribution in [1.29, 1.82) is 0 Å². The van der Waals surface area contributed by atoms with E-state index in [1.807, 2.05) is 54.6 Å². The number of aliphatic hydroxyl groups is 1. The maximum atomic E-state index is 14.0. The van der Waals surface area contributed by atoms with Gasteiger partial charge < -0.3 is 19.4 Å². The van der Waals surface area contributed by atoms with E-state index in [4.69, 9.17) is 9.16 Å². The molecule has 0 spiro atoms. The molecule has 0 saturated carbocycles. The van der Waals surface area contributed by atoms with Gasteiger partial charge in [-0.1, -0.05) is 53.3 Å². The second-order valence-corrected chi connectivity index (χ2v) is 16.6. The number of amides is 1. The Morgan fingerprint density at radius 2 is 1.87 bits per heavy atom. The first-order valence-electron chi connectivity index (χ1n) is 10.5. The van der Waals surface area contributed by atoms with Crippen molar-refractivity contribution in [2.75, 3.05) is 6.54 Å². The molecule has 0 bridgehead atoms. The summed E-state index contributed by atoms with van der Waals surface area (Å²) < 4.78 is 40.4. The zero-order valence-electron chi connectivity index (χ0n) is 19.8. The van der Waals surface area contributed by atoms with Crippen molar-refractivity contribution in [2.24, 2.45) is 10.4 Å². The highest BCUT2D eigenvalue weighted by atomic mass is 32.2. The van der Waals surface area contributed by atoms with Gasteiger partial charge in [-0.3, -0.25) is 9.89 Å². The number of ether oxygens (including phenoxy) is 1. The van der Waals surface area contributed by atoms with Crippen LogP contribution in [0.1, 0.15) is 48.5 Å². The molecule has 31 heavy (non-hydrogen) atoms. The van der Waals surface area contributed by atoms with Gasteiger partial charge in [-0.05, 0) is 25.1 Å². The molecule has 2 N–H and O–H groups in total. The van der Waals surface area contributed by atoms with E-state index in [2.05, 4.69) is 4.99 Å². The molecule has 1 amide bonds. The third kappa shape index (κ3) is 4.66. The van der Waals surface area contributed by atoms with Crippen LogP contribution >= 0.6 is 11.8 Å². The number of hydrogen-bond acceptors (Lipinski definition) is 6. The summed E-state index contributed by atoms with van der Waals surface area (Å²) in [6, 6.07) is -0.847. The average Bonchev–Trinajstić information content (AvgIpc) is 2.96. The van der Waals surface area contributed by atoms with Crippen molar-refractivity contribution in [3.8, 4) is 0 Å². The average molecular weight is 483 g/mol. The van der Waals surface area contributed by atoms with Gasteiger partial charge in [-0.2, -0.15) is 0 Å².